The second kappa shape index (κ2) is 5.56. The summed E-state index contributed by atoms with van der Waals surface area (Å²) in [5, 5.41) is 0. The molecular weight excluding hydrogens is 271 g/mol. The van der Waals surface area contributed by atoms with Gasteiger partial charge < -0.3 is 10.2 Å². The van der Waals surface area contributed by atoms with Crippen LogP contribution in [0.2, 0.25) is 0 Å². The Hall–Kier alpha value is -1.99. The highest BCUT2D eigenvalue weighted by molar-refractivity contribution is 5.51. The summed E-state index contributed by atoms with van der Waals surface area (Å²) in [6.07, 6.45) is -2.64. The van der Waals surface area contributed by atoms with Gasteiger partial charge in [-0.15, -0.1) is 0 Å². The smallest absolute Gasteiger partial charge is 0.416 e. The lowest BCUT2D eigenvalue weighted by Gasteiger charge is -2.19. The van der Waals surface area contributed by atoms with Crippen molar-refractivity contribution in [1.82, 2.24) is 5.43 Å². The lowest BCUT2D eigenvalue weighted by atomic mass is 9.98. The highest BCUT2D eigenvalue weighted by Crippen LogP contribution is 2.33. The molecule has 0 saturated heterocycles. The van der Waals surface area contributed by atoms with Gasteiger partial charge in [-0.25, -0.2) is 0 Å². The molecule has 1 heterocycles. The van der Waals surface area contributed by atoms with E-state index in [0.717, 1.165) is 12.1 Å². The number of nitrogens with one attached hydrogen (secondary N) is 1. The minimum absolute atomic E-state index is 0.243. The standard InChI is InChI=1S/C13H14F3N3O/c14-13(15,16)8-3-4-11(17)10(6-8)12(19-18)7-9-2-1-5-20-9/h1-6,12,19H,7,17-18H2. The largest absolute Gasteiger partial charge is 0.469 e. The molecule has 0 saturated carbocycles. The van der Waals surface area contributed by atoms with Crippen LogP contribution in [0, 0.1) is 0 Å². The predicted molar refractivity (Wildman–Crippen MR) is 68.3 cm³/mol. The molecule has 1 atom stereocenters. The second-order valence-electron chi connectivity index (χ2n) is 4.34. The van der Waals surface area contributed by atoms with Crippen LogP contribution in [0.1, 0.15) is 22.9 Å². The number of benzene rings is 1. The van der Waals surface area contributed by atoms with E-state index in [9.17, 15) is 13.2 Å². The summed E-state index contributed by atoms with van der Waals surface area (Å²) in [5.74, 6) is 6.02. The van der Waals surface area contributed by atoms with E-state index in [1.54, 1.807) is 12.1 Å². The number of nitrogen functional groups attached to an aromatic ring is 1. The number of hydrogen-bond acceptors (Lipinski definition) is 4. The van der Waals surface area contributed by atoms with Gasteiger partial charge in [0.05, 0.1) is 17.9 Å². The van der Waals surface area contributed by atoms with E-state index in [1.807, 2.05) is 0 Å². The van der Waals surface area contributed by atoms with Gasteiger partial charge in [-0.3, -0.25) is 11.3 Å². The van der Waals surface area contributed by atoms with Crippen molar-refractivity contribution in [2.45, 2.75) is 18.6 Å². The van der Waals surface area contributed by atoms with Crippen LogP contribution < -0.4 is 17.0 Å². The maximum atomic E-state index is 12.7. The lowest BCUT2D eigenvalue weighted by Crippen LogP contribution is -2.30. The number of alkyl halides is 3. The van der Waals surface area contributed by atoms with E-state index >= 15 is 0 Å². The highest BCUT2D eigenvalue weighted by atomic mass is 19.4. The number of rotatable bonds is 4. The molecule has 0 aliphatic carbocycles. The summed E-state index contributed by atoms with van der Waals surface area (Å²) in [5.41, 5.74) is 7.98. The summed E-state index contributed by atoms with van der Waals surface area (Å²) in [4.78, 5) is 0. The van der Waals surface area contributed by atoms with Gasteiger partial charge in [-0.2, -0.15) is 13.2 Å². The van der Waals surface area contributed by atoms with Gasteiger partial charge in [0, 0.05) is 12.1 Å². The van der Waals surface area contributed by atoms with Crippen LogP contribution in [0.4, 0.5) is 18.9 Å². The molecular formula is C13H14F3N3O. The van der Waals surface area contributed by atoms with E-state index < -0.39 is 17.8 Å². The normalized spacial score (nSPS) is 13.4. The van der Waals surface area contributed by atoms with Gasteiger partial charge in [-0.1, -0.05) is 0 Å². The van der Waals surface area contributed by atoms with Crippen LogP contribution in [-0.2, 0) is 12.6 Å². The molecule has 5 N–H and O–H groups in total. The molecule has 7 heteroatoms. The Morgan fingerprint density at radius 2 is 2.00 bits per heavy atom. The Morgan fingerprint density at radius 3 is 2.55 bits per heavy atom. The van der Waals surface area contributed by atoms with Crippen molar-refractivity contribution < 1.29 is 17.6 Å². The van der Waals surface area contributed by atoms with Gasteiger partial charge in [-0.05, 0) is 35.9 Å². The number of nitrogens with two attached hydrogens (primary N) is 2. The minimum atomic E-state index is -4.42. The Kier molecular flexibility index (Phi) is 4.01. The monoisotopic (exact) mass is 285 g/mol. The van der Waals surface area contributed by atoms with Crippen LogP contribution in [0.3, 0.4) is 0 Å². The molecule has 0 aliphatic heterocycles. The van der Waals surface area contributed by atoms with Crippen molar-refractivity contribution in [1.29, 1.82) is 0 Å². The third kappa shape index (κ3) is 3.12. The van der Waals surface area contributed by atoms with Crippen LogP contribution >= 0.6 is 0 Å². The third-order valence-electron chi connectivity index (χ3n) is 2.98. The molecule has 0 fully saturated rings. The molecule has 0 amide bonds. The topological polar surface area (TPSA) is 77.2 Å². The van der Waals surface area contributed by atoms with Crippen molar-refractivity contribution >= 4 is 5.69 Å². The Labute approximate surface area is 113 Å². The van der Waals surface area contributed by atoms with Crippen LogP contribution in [0.15, 0.2) is 41.0 Å². The number of furan rings is 1. The summed E-state index contributed by atoms with van der Waals surface area (Å²) in [7, 11) is 0. The van der Waals surface area contributed by atoms with Gasteiger partial charge in [0.15, 0.2) is 0 Å². The molecule has 4 nitrogen and oxygen atoms in total. The molecule has 108 valence electrons. The summed E-state index contributed by atoms with van der Waals surface area (Å²) >= 11 is 0. The molecule has 2 rings (SSSR count). The number of halogens is 3. The highest BCUT2D eigenvalue weighted by Gasteiger charge is 2.31. The average Bonchev–Trinajstić information content (AvgIpc) is 2.88. The van der Waals surface area contributed by atoms with E-state index in [4.69, 9.17) is 16.0 Å². The van der Waals surface area contributed by atoms with Gasteiger partial charge >= 0.3 is 6.18 Å². The molecule has 1 unspecified atom stereocenters. The molecule has 2 aromatic rings. The molecule has 0 spiro atoms. The zero-order chi connectivity index (χ0) is 14.8. The van der Waals surface area contributed by atoms with Crippen molar-refractivity contribution in [2.75, 3.05) is 5.73 Å². The lowest BCUT2D eigenvalue weighted by molar-refractivity contribution is -0.137. The maximum Gasteiger partial charge on any atom is 0.416 e. The van der Waals surface area contributed by atoms with E-state index in [1.165, 1.54) is 12.3 Å². The molecule has 0 bridgehead atoms. The minimum Gasteiger partial charge on any atom is -0.469 e. The number of hydrazine groups is 1. The van der Waals surface area contributed by atoms with Crippen molar-refractivity contribution in [2.24, 2.45) is 5.84 Å². The van der Waals surface area contributed by atoms with Crippen molar-refractivity contribution in [3.63, 3.8) is 0 Å². The first-order chi connectivity index (χ1) is 9.41. The average molecular weight is 285 g/mol. The van der Waals surface area contributed by atoms with Crippen LogP contribution in [-0.4, -0.2) is 0 Å². The maximum absolute atomic E-state index is 12.7. The fourth-order valence-electron chi connectivity index (χ4n) is 1.94. The van der Waals surface area contributed by atoms with Gasteiger partial charge in [0.2, 0.25) is 0 Å². The summed E-state index contributed by atoms with van der Waals surface area (Å²) in [6.45, 7) is 0. The number of anilines is 1. The Bertz CT molecular complexity index is 567. The predicted octanol–water partition coefficient (Wildman–Crippen LogP) is 2.63. The summed E-state index contributed by atoms with van der Waals surface area (Å²) in [6, 6.07) is 6.02. The second-order valence-corrected chi connectivity index (χ2v) is 4.34. The fourth-order valence-corrected chi connectivity index (χ4v) is 1.94. The van der Waals surface area contributed by atoms with E-state index in [-0.39, 0.29) is 5.69 Å². The Morgan fingerprint density at radius 1 is 1.25 bits per heavy atom. The van der Waals surface area contributed by atoms with Crippen LogP contribution in [0.5, 0.6) is 0 Å². The zero-order valence-electron chi connectivity index (χ0n) is 10.4. The zero-order valence-corrected chi connectivity index (χ0v) is 10.4. The first kappa shape index (κ1) is 14.4. The van der Waals surface area contributed by atoms with E-state index in [0.29, 0.717) is 17.7 Å². The van der Waals surface area contributed by atoms with Crippen LogP contribution in [0.25, 0.3) is 0 Å². The van der Waals surface area contributed by atoms with Crippen molar-refractivity contribution in [3.05, 3.63) is 53.5 Å². The molecule has 20 heavy (non-hydrogen) atoms. The molecule has 0 radical (unpaired) electrons. The SMILES string of the molecule is NNC(Cc1ccco1)c1cc(C(F)(F)F)ccc1N. The Balaban J connectivity index is 2.33. The molecule has 1 aromatic heterocycles. The van der Waals surface area contributed by atoms with Gasteiger partial charge in [0.1, 0.15) is 5.76 Å². The molecule has 0 aliphatic rings. The fraction of sp³-hybridized carbons (Fsp3) is 0.231. The van der Waals surface area contributed by atoms with Crippen molar-refractivity contribution in [3.8, 4) is 0 Å². The molecule has 1 aromatic carbocycles. The van der Waals surface area contributed by atoms with Gasteiger partial charge in [0.25, 0.3) is 0 Å². The quantitative estimate of drug-likeness (QED) is 0.458. The third-order valence-corrected chi connectivity index (χ3v) is 2.98. The first-order valence-electron chi connectivity index (χ1n) is 5.87. The first-order valence-corrected chi connectivity index (χ1v) is 5.87. The van der Waals surface area contributed by atoms with E-state index in [2.05, 4.69) is 5.43 Å². The number of hydrogen-bond donors (Lipinski definition) is 3. The summed E-state index contributed by atoms with van der Waals surface area (Å²) < 4.78 is 43.4.